The number of likely N-dealkylation sites (tertiary alicyclic amines) is 1. The van der Waals surface area contributed by atoms with E-state index in [4.69, 9.17) is 4.98 Å². The number of fused-ring (bicyclic) bond motifs is 1. The van der Waals surface area contributed by atoms with Crippen molar-refractivity contribution in [3.05, 3.63) is 41.2 Å². The maximum absolute atomic E-state index is 4.75. The summed E-state index contributed by atoms with van der Waals surface area (Å²) in [6.45, 7) is 3.35. The van der Waals surface area contributed by atoms with Crippen LogP contribution in [0.15, 0.2) is 30.5 Å². The van der Waals surface area contributed by atoms with Crippen LogP contribution in [0.3, 0.4) is 0 Å². The Morgan fingerprint density at radius 1 is 1.32 bits per heavy atom. The molecule has 4 rings (SSSR count). The molecule has 1 fully saturated rings. The van der Waals surface area contributed by atoms with Crippen LogP contribution in [0, 0.1) is 5.92 Å². The van der Waals surface area contributed by atoms with E-state index < -0.39 is 0 Å². The number of thiazole rings is 1. The highest BCUT2D eigenvalue weighted by molar-refractivity contribution is 7.15. The number of anilines is 1. The van der Waals surface area contributed by atoms with Gasteiger partial charge in [0.2, 0.25) is 0 Å². The van der Waals surface area contributed by atoms with Gasteiger partial charge in [-0.3, -0.25) is 4.90 Å². The van der Waals surface area contributed by atoms with Gasteiger partial charge in [0.15, 0.2) is 5.13 Å². The molecule has 1 aliphatic rings. The third kappa shape index (κ3) is 3.85. The van der Waals surface area contributed by atoms with Crippen LogP contribution in [-0.4, -0.2) is 47.0 Å². The zero-order chi connectivity index (χ0) is 17.2. The lowest BCUT2D eigenvalue weighted by Gasteiger charge is -2.32. The number of piperidine rings is 1. The monoisotopic (exact) mass is 355 g/mol. The molecule has 1 saturated heterocycles. The van der Waals surface area contributed by atoms with Crippen molar-refractivity contribution >= 4 is 27.5 Å². The number of para-hydroxylation sites is 2. The predicted molar refractivity (Wildman–Crippen MR) is 104 cm³/mol. The lowest BCUT2D eigenvalue weighted by molar-refractivity contribution is 0.167. The van der Waals surface area contributed by atoms with Gasteiger partial charge in [-0.15, -0.1) is 11.3 Å². The predicted octanol–water partition coefficient (Wildman–Crippen LogP) is 3.54. The Morgan fingerprint density at radius 2 is 2.20 bits per heavy atom. The van der Waals surface area contributed by atoms with Crippen LogP contribution in [0.2, 0.25) is 0 Å². The van der Waals surface area contributed by atoms with Gasteiger partial charge >= 0.3 is 0 Å². The molecule has 6 heteroatoms. The first-order valence-electron chi connectivity index (χ1n) is 8.95. The number of nitrogens with zero attached hydrogens (tertiary/aromatic N) is 4. The van der Waals surface area contributed by atoms with Crippen molar-refractivity contribution < 1.29 is 0 Å². The molecule has 0 spiro atoms. The third-order valence-electron chi connectivity index (χ3n) is 4.83. The second-order valence-corrected chi connectivity index (χ2v) is 8.25. The summed E-state index contributed by atoms with van der Waals surface area (Å²) in [4.78, 5) is 18.7. The van der Waals surface area contributed by atoms with Crippen molar-refractivity contribution in [2.75, 3.05) is 32.1 Å². The average Bonchev–Trinajstić information content (AvgIpc) is 3.21. The summed E-state index contributed by atoms with van der Waals surface area (Å²) in [6, 6.07) is 8.29. The van der Waals surface area contributed by atoms with Crippen LogP contribution in [0.25, 0.3) is 11.0 Å². The van der Waals surface area contributed by atoms with E-state index in [9.17, 15) is 0 Å². The topological polar surface area (TPSA) is 48.1 Å². The maximum Gasteiger partial charge on any atom is 0.185 e. The van der Waals surface area contributed by atoms with E-state index in [-0.39, 0.29) is 0 Å². The van der Waals surface area contributed by atoms with Gasteiger partial charge in [0.05, 0.1) is 11.0 Å². The molecule has 0 radical (unpaired) electrons. The minimum Gasteiger partial charge on any atom is -0.354 e. The summed E-state index contributed by atoms with van der Waals surface area (Å²) >= 11 is 1.80. The van der Waals surface area contributed by atoms with E-state index in [0.717, 1.165) is 41.5 Å². The number of H-pyrrole nitrogens is 1. The Bertz CT molecular complexity index is 804. The highest BCUT2D eigenvalue weighted by Crippen LogP contribution is 2.26. The molecule has 5 nitrogen and oxygen atoms in total. The van der Waals surface area contributed by atoms with Gasteiger partial charge in [0, 0.05) is 44.7 Å². The number of imidazole rings is 1. The highest BCUT2D eigenvalue weighted by Gasteiger charge is 2.22. The molecule has 0 aliphatic carbocycles. The molecule has 3 aromatic rings. The molecule has 0 bridgehead atoms. The first-order valence-corrected chi connectivity index (χ1v) is 9.77. The number of aromatic amines is 1. The van der Waals surface area contributed by atoms with Crippen molar-refractivity contribution in [2.24, 2.45) is 5.92 Å². The van der Waals surface area contributed by atoms with Crippen LogP contribution >= 0.6 is 11.3 Å². The van der Waals surface area contributed by atoms with Gasteiger partial charge in [-0.2, -0.15) is 0 Å². The maximum atomic E-state index is 4.75. The van der Waals surface area contributed by atoms with Gasteiger partial charge in [-0.25, -0.2) is 9.97 Å². The number of benzene rings is 1. The molecule has 0 unspecified atom stereocenters. The van der Waals surface area contributed by atoms with Crippen molar-refractivity contribution in [3.63, 3.8) is 0 Å². The summed E-state index contributed by atoms with van der Waals surface area (Å²) in [6.07, 6.45) is 5.63. The Labute approximate surface area is 152 Å². The summed E-state index contributed by atoms with van der Waals surface area (Å²) in [7, 11) is 4.10. The van der Waals surface area contributed by atoms with Crippen molar-refractivity contribution in [3.8, 4) is 0 Å². The smallest absolute Gasteiger partial charge is 0.185 e. The Kier molecular flexibility index (Phi) is 4.72. The molecule has 1 atom stereocenters. The summed E-state index contributed by atoms with van der Waals surface area (Å²) in [5.74, 6) is 1.80. The number of hydrogen-bond acceptors (Lipinski definition) is 5. The van der Waals surface area contributed by atoms with E-state index in [0.29, 0.717) is 5.92 Å². The molecule has 25 heavy (non-hydrogen) atoms. The van der Waals surface area contributed by atoms with Gasteiger partial charge in [-0.1, -0.05) is 12.1 Å². The van der Waals surface area contributed by atoms with Crippen molar-refractivity contribution in [1.29, 1.82) is 0 Å². The molecular weight excluding hydrogens is 330 g/mol. The normalized spacial score (nSPS) is 18.7. The fraction of sp³-hybridized carbons (Fsp3) is 0.474. The van der Waals surface area contributed by atoms with Gasteiger partial charge in [0.1, 0.15) is 5.82 Å². The zero-order valence-corrected chi connectivity index (χ0v) is 15.7. The van der Waals surface area contributed by atoms with Crippen molar-refractivity contribution in [1.82, 2.24) is 19.9 Å². The molecule has 1 aromatic carbocycles. The molecule has 3 heterocycles. The first-order chi connectivity index (χ1) is 12.2. The van der Waals surface area contributed by atoms with Gasteiger partial charge in [-0.05, 0) is 37.4 Å². The zero-order valence-electron chi connectivity index (χ0n) is 14.9. The van der Waals surface area contributed by atoms with Crippen LogP contribution in [0.4, 0.5) is 5.13 Å². The van der Waals surface area contributed by atoms with E-state index in [1.807, 2.05) is 26.4 Å². The molecule has 2 aromatic heterocycles. The number of nitrogens with one attached hydrogen (secondary N) is 1. The van der Waals surface area contributed by atoms with Gasteiger partial charge < -0.3 is 9.88 Å². The summed E-state index contributed by atoms with van der Waals surface area (Å²) in [5, 5.41) is 1.09. The second kappa shape index (κ2) is 7.14. The number of aromatic nitrogens is 3. The van der Waals surface area contributed by atoms with E-state index in [1.165, 1.54) is 24.3 Å². The van der Waals surface area contributed by atoms with E-state index in [2.05, 4.69) is 38.0 Å². The number of rotatable bonds is 5. The van der Waals surface area contributed by atoms with Crippen LogP contribution in [0.1, 0.15) is 23.5 Å². The standard InChI is InChI=1S/C19H25N5S/c1-23(2)19-20-11-15(25-19)13-24-9-5-6-14(12-24)10-18-21-16-7-3-4-8-17(16)22-18/h3-4,7-8,11,14H,5-6,9-10,12-13H2,1-2H3,(H,21,22)/t14-/m1/s1. The lowest BCUT2D eigenvalue weighted by Crippen LogP contribution is -2.35. The van der Waals surface area contributed by atoms with Crippen LogP contribution in [0.5, 0.6) is 0 Å². The van der Waals surface area contributed by atoms with Gasteiger partial charge in [0.25, 0.3) is 0 Å². The molecule has 0 amide bonds. The summed E-state index contributed by atoms with van der Waals surface area (Å²) < 4.78 is 0. The second-order valence-electron chi connectivity index (χ2n) is 7.15. The SMILES string of the molecule is CN(C)c1ncc(CN2CCC[C@H](Cc3nc4ccccc4[nH]3)C2)s1. The van der Waals surface area contributed by atoms with Crippen molar-refractivity contribution in [2.45, 2.75) is 25.8 Å². The Hall–Kier alpha value is -1.92. The first kappa shape index (κ1) is 16.5. The molecule has 132 valence electrons. The quantitative estimate of drug-likeness (QED) is 0.760. The Balaban J connectivity index is 1.38. The lowest BCUT2D eigenvalue weighted by atomic mass is 9.94. The van der Waals surface area contributed by atoms with E-state index in [1.54, 1.807) is 11.3 Å². The largest absolute Gasteiger partial charge is 0.354 e. The summed E-state index contributed by atoms with van der Waals surface area (Å²) in [5.41, 5.74) is 2.22. The fourth-order valence-corrected chi connectivity index (χ4v) is 4.51. The molecule has 0 saturated carbocycles. The van der Waals surface area contributed by atoms with E-state index >= 15 is 0 Å². The molecule has 1 aliphatic heterocycles. The third-order valence-corrected chi connectivity index (χ3v) is 5.98. The average molecular weight is 356 g/mol. The molecular formula is C19H25N5S. The minimum atomic E-state index is 0.676. The van der Waals surface area contributed by atoms with Crippen LogP contribution in [-0.2, 0) is 13.0 Å². The molecule has 1 N–H and O–H groups in total. The fourth-order valence-electron chi connectivity index (χ4n) is 3.63. The minimum absolute atomic E-state index is 0.676. The highest BCUT2D eigenvalue weighted by atomic mass is 32.1. The Morgan fingerprint density at radius 3 is 3.00 bits per heavy atom. The van der Waals surface area contributed by atoms with Crippen LogP contribution < -0.4 is 4.90 Å². The number of hydrogen-bond donors (Lipinski definition) is 1.